The number of hydrogen-bond donors (Lipinski definition) is 0. The molecule has 0 unspecified atom stereocenters. The summed E-state index contributed by atoms with van der Waals surface area (Å²) >= 11 is 0. The molecule has 0 aromatic rings. The number of nitroso groups, excluding NO2 is 1. The Morgan fingerprint density at radius 1 is 1.53 bits per heavy atom. The fourth-order valence-electron chi connectivity index (χ4n) is 1.60. The van der Waals surface area contributed by atoms with Gasteiger partial charge in [0.25, 0.3) is 5.70 Å². The van der Waals surface area contributed by atoms with Gasteiger partial charge in [-0.1, -0.05) is 6.08 Å². The summed E-state index contributed by atoms with van der Waals surface area (Å²) in [5.41, 5.74) is 0.561. The maximum absolute atomic E-state index is 11.5. The molecule has 0 bridgehead atoms. The first-order chi connectivity index (χ1) is 7.09. The number of rotatable bonds is 2. The molecule has 0 radical (unpaired) electrons. The molecule has 0 saturated carbocycles. The molecule has 2 rings (SSSR count). The smallest absolute Gasteiger partial charge is 0.273 e. The van der Waals surface area contributed by atoms with E-state index in [0.29, 0.717) is 10.3 Å². The fourth-order valence-corrected chi connectivity index (χ4v) is 1.60. The Morgan fingerprint density at radius 3 is 2.87 bits per heavy atom. The van der Waals surface area contributed by atoms with Crippen LogP contribution in [0, 0.1) is 4.91 Å². The third kappa shape index (κ3) is 1.52. The highest BCUT2D eigenvalue weighted by Crippen LogP contribution is 2.28. The van der Waals surface area contributed by atoms with E-state index in [9.17, 15) is 19.6 Å². The monoisotopic (exact) mass is 205 g/mol. The molecule has 0 spiro atoms. The highest BCUT2D eigenvalue weighted by molar-refractivity contribution is 6.01. The second-order valence-electron chi connectivity index (χ2n) is 3.31. The first-order valence-electron chi connectivity index (χ1n) is 4.41. The Bertz CT molecular complexity index is 468. The van der Waals surface area contributed by atoms with Crippen LogP contribution in [0.15, 0.2) is 35.2 Å². The van der Waals surface area contributed by atoms with Crippen molar-refractivity contribution in [3.63, 3.8) is 0 Å². The zero-order valence-corrected chi connectivity index (χ0v) is 7.73. The largest absolute Gasteiger partial charge is 0.550 e. The first-order valence-corrected chi connectivity index (χ1v) is 4.41. The minimum atomic E-state index is -1.33. The summed E-state index contributed by atoms with van der Waals surface area (Å²) in [6, 6.07) is 0. The van der Waals surface area contributed by atoms with Crippen molar-refractivity contribution in [3.8, 4) is 0 Å². The van der Waals surface area contributed by atoms with E-state index in [1.165, 1.54) is 12.2 Å². The standard InChI is InChI=1S/C10H7NO4/c12-9-3-1-2-8-7(9)4-6(11(8)15)5-10(13)14/h1-2,4H,3,5H2. The van der Waals surface area contributed by atoms with Crippen molar-refractivity contribution in [1.29, 1.82) is 0 Å². The van der Waals surface area contributed by atoms with Crippen LogP contribution in [0.25, 0.3) is 0 Å². The molecule has 2 aliphatic rings. The summed E-state index contributed by atoms with van der Waals surface area (Å²) in [7, 11) is 0. The van der Waals surface area contributed by atoms with Crippen molar-refractivity contribution in [1.82, 2.24) is 0 Å². The molecular weight excluding hydrogens is 198 g/mol. The third-order valence-corrected chi connectivity index (χ3v) is 2.27. The van der Waals surface area contributed by atoms with E-state index in [-0.39, 0.29) is 23.6 Å². The molecule has 0 fully saturated rings. The van der Waals surface area contributed by atoms with E-state index in [2.05, 4.69) is 0 Å². The number of hydrogen-bond acceptors (Lipinski definition) is 4. The molecular formula is C10H7NO4. The Balaban J connectivity index is 2.34. The number of carbonyl (C=O) groups excluding carboxylic acids is 2. The van der Waals surface area contributed by atoms with Crippen LogP contribution in [0.5, 0.6) is 0 Å². The summed E-state index contributed by atoms with van der Waals surface area (Å²) in [6.07, 6.45) is 4.22. The van der Waals surface area contributed by atoms with E-state index < -0.39 is 12.4 Å². The lowest BCUT2D eigenvalue weighted by atomic mass is 10.0. The van der Waals surface area contributed by atoms with Gasteiger partial charge < -0.3 is 9.90 Å². The van der Waals surface area contributed by atoms with Crippen LogP contribution in [0.2, 0.25) is 0 Å². The van der Waals surface area contributed by atoms with Gasteiger partial charge in [0.2, 0.25) is 5.70 Å². The summed E-state index contributed by atoms with van der Waals surface area (Å²) in [4.78, 5) is 33.2. The lowest BCUT2D eigenvalue weighted by Crippen LogP contribution is -2.23. The maximum Gasteiger partial charge on any atom is 0.273 e. The zero-order valence-electron chi connectivity index (χ0n) is 7.73. The molecule has 1 aliphatic heterocycles. The normalized spacial score (nSPS) is 19.3. The van der Waals surface area contributed by atoms with E-state index >= 15 is 0 Å². The first kappa shape index (κ1) is 9.51. The number of allylic oxidation sites excluding steroid dienone is 4. The molecule has 1 aliphatic carbocycles. The third-order valence-electron chi connectivity index (χ3n) is 2.27. The summed E-state index contributed by atoms with van der Waals surface area (Å²) in [5, 5.41) is 10.3. The molecule has 15 heavy (non-hydrogen) atoms. The summed E-state index contributed by atoms with van der Waals surface area (Å²) in [6.45, 7) is 0. The van der Waals surface area contributed by atoms with Gasteiger partial charge in [-0.15, -0.1) is 0 Å². The van der Waals surface area contributed by atoms with Crippen LogP contribution in [0.4, 0.5) is 0 Å². The Morgan fingerprint density at radius 2 is 2.27 bits per heavy atom. The number of nitrogens with zero attached hydrogens (tertiary/aromatic N) is 1. The fraction of sp³-hybridized carbons (Fsp3) is 0.200. The van der Waals surface area contributed by atoms with Gasteiger partial charge in [-0.25, -0.2) is 0 Å². The van der Waals surface area contributed by atoms with Gasteiger partial charge in [0.15, 0.2) is 5.78 Å². The van der Waals surface area contributed by atoms with Gasteiger partial charge in [-0.3, -0.25) is 4.79 Å². The van der Waals surface area contributed by atoms with Crippen molar-refractivity contribution in [2.75, 3.05) is 0 Å². The molecule has 0 atom stereocenters. The maximum atomic E-state index is 11.5. The van der Waals surface area contributed by atoms with Gasteiger partial charge >= 0.3 is 0 Å². The number of Topliss-reactive ketones (excluding diaryl/α,β-unsaturated/α-hetero) is 1. The lowest BCUT2D eigenvalue weighted by molar-refractivity contribution is -0.440. The van der Waals surface area contributed by atoms with Gasteiger partial charge in [-0.2, -0.15) is 0 Å². The average molecular weight is 205 g/mol. The van der Waals surface area contributed by atoms with Crippen LogP contribution in [0.3, 0.4) is 0 Å². The van der Waals surface area contributed by atoms with Gasteiger partial charge in [0.05, 0.1) is 17.2 Å². The summed E-state index contributed by atoms with van der Waals surface area (Å²) in [5.74, 6) is -1.50. The van der Waals surface area contributed by atoms with Crippen LogP contribution < -0.4 is 5.11 Å². The Labute approximate surface area is 85.0 Å². The Kier molecular flexibility index (Phi) is 2.07. The second-order valence-corrected chi connectivity index (χ2v) is 3.31. The van der Waals surface area contributed by atoms with Crippen molar-refractivity contribution in [2.45, 2.75) is 12.8 Å². The molecule has 0 amide bonds. The molecule has 5 nitrogen and oxygen atoms in total. The van der Waals surface area contributed by atoms with E-state index in [0.717, 1.165) is 0 Å². The molecule has 0 aromatic heterocycles. The van der Waals surface area contributed by atoms with Gasteiger partial charge in [0.1, 0.15) is 5.57 Å². The number of carboxylic acids is 1. The van der Waals surface area contributed by atoms with E-state index in [4.69, 9.17) is 0 Å². The summed E-state index contributed by atoms with van der Waals surface area (Å²) < 4.78 is 0.471. The number of aliphatic carboxylic acids is 1. The van der Waals surface area contributed by atoms with Gasteiger partial charge in [-0.05, 0) is 0 Å². The molecule has 0 N–H and O–H groups in total. The van der Waals surface area contributed by atoms with Crippen molar-refractivity contribution >= 4 is 11.8 Å². The average Bonchev–Trinajstić information content (AvgIpc) is 2.46. The molecule has 1 heterocycles. The SMILES string of the molecule is O=C([O-])CC1=CC2=C(C=CCC2=O)[N+]1=O. The second kappa shape index (κ2) is 3.27. The zero-order chi connectivity index (χ0) is 11.0. The van der Waals surface area contributed by atoms with E-state index in [1.807, 2.05) is 0 Å². The highest BCUT2D eigenvalue weighted by atomic mass is 16.4. The van der Waals surface area contributed by atoms with Crippen LogP contribution in [-0.4, -0.2) is 16.5 Å². The predicted octanol–water partition coefficient (Wildman–Crippen LogP) is -0.414. The molecule has 0 aromatic carbocycles. The van der Waals surface area contributed by atoms with Crippen molar-refractivity contribution in [2.24, 2.45) is 0 Å². The Hall–Kier alpha value is -2.04. The quantitative estimate of drug-likeness (QED) is 0.574. The minimum Gasteiger partial charge on any atom is -0.550 e. The lowest BCUT2D eigenvalue weighted by Gasteiger charge is -1.98. The van der Waals surface area contributed by atoms with Gasteiger partial charge in [0, 0.05) is 23.5 Å². The number of carbonyl (C=O) groups is 2. The topological polar surface area (TPSA) is 77.3 Å². The predicted molar refractivity (Wildman–Crippen MR) is 47.1 cm³/mol. The highest BCUT2D eigenvalue weighted by Gasteiger charge is 2.37. The number of ketones is 1. The van der Waals surface area contributed by atoms with Crippen molar-refractivity contribution in [3.05, 3.63) is 40.1 Å². The molecule has 5 heteroatoms. The van der Waals surface area contributed by atoms with Crippen LogP contribution in [-0.2, 0) is 9.59 Å². The molecule has 76 valence electrons. The van der Waals surface area contributed by atoms with Crippen LogP contribution in [0.1, 0.15) is 12.8 Å². The van der Waals surface area contributed by atoms with Crippen molar-refractivity contribution < 1.29 is 19.5 Å². The van der Waals surface area contributed by atoms with E-state index in [1.54, 1.807) is 6.08 Å². The molecule has 0 saturated heterocycles. The number of carboxylic acid groups (broad SMARTS) is 1. The minimum absolute atomic E-state index is 0.0416. The van der Waals surface area contributed by atoms with Crippen LogP contribution >= 0.6 is 0 Å².